The zero-order valence-electron chi connectivity index (χ0n) is 13.6. The lowest BCUT2D eigenvalue weighted by Gasteiger charge is -2.21. The van der Waals surface area contributed by atoms with Crippen molar-refractivity contribution >= 4 is 18.1 Å². The molecule has 0 bridgehead atoms. The summed E-state index contributed by atoms with van der Waals surface area (Å²) in [6.07, 6.45) is -2.49. The predicted molar refractivity (Wildman–Crippen MR) is 82.1 cm³/mol. The first-order valence-electron chi connectivity index (χ1n) is 6.74. The third-order valence-electron chi connectivity index (χ3n) is 2.77. The molecule has 1 aromatic rings. The normalized spacial score (nSPS) is 10.8. The van der Waals surface area contributed by atoms with Crippen LogP contribution >= 0.6 is 0 Å². The Morgan fingerprint density at radius 1 is 1.04 bits per heavy atom. The van der Waals surface area contributed by atoms with Gasteiger partial charge in [-0.25, -0.2) is 9.59 Å². The zero-order valence-corrected chi connectivity index (χ0v) is 13.6. The van der Waals surface area contributed by atoms with E-state index in [9.17, 15) is 14.4 Å². The molecule has 0 heterocycles. The lowest BCUT2D eigenvalue weighted by atomic mass is 10.0. The Hall–Kier alpha value is -3.23. The van der Waals surface area contributed by atoms with Crippen molar-refractivity contribution in [3.63, 3.8) is 0 Å². The Morgan fingerprint density at radius 2 is 1.58 bits per heavy atom. The van der Waals surface area contributed by atoms with Crippen LogP contribution in [0.1, 0.15) is 21.5 Å². The Kier molecular flexibility index (Phi) is 6.16. The van der Waals surface area contributed by atoms with E-state index in [0.717, 1.165) is 5.56 Å². The minimum atomic E-state index is -1.84. The summed E-state index contributed by atoms with van der Waals surface area (Å²) < 4.78 is 0. The average molecular weight is 338 g/mol. The lowest BCUT2D eigenvalue weighted by Crippen LogP contribution is -2.33. The molecule has 9 heteroatoms. The Bertz CT molecular complexity index is 666. The molecule has 0 aliphatic carbocycles. The number of benzene rings is 1. The van der Waals surface area contributed by atoms with E-state index < -0.39 is 23.8 Å². The second kappa shape index (κ2) is 7.86. The second-order valence-corrected chi connectivity index (χ2v) is 5.10. The number of hydrogen-bond donors (Lipinski definition) is 2. The SMILES string of the molecule is Cc1ccc(C)c(C(=O)C(=CN(C)C)N(OC(=O)O)OC(=O)O)c1. The van der Waals surface area contributed by atoms with Crippen molar-refractivity contribution in [2.24, 2.45) is 0 Å². The molecule has 2 N–H and O–H groups in total. The number of rotatable bonds is 6. The number of Topliss-reactive ketones (excluding diaryl/α,β-unsaturated/α-hetero) is 1. The van der Waals surface area contributed by atoms with E-state index in [1.165, 1.54) is 11.1 Å². The van der Waals surface area contributed by atoms with Crippen molar-refractivity contribution in [2.75, 3.05) is 14.1 Å². The van der Waals surface area contributed by atoms with Crippen molar-refractivity contribution in [3.8, 4) is 0 Å². The van der Waals surface area contributed by atoms with Gasteiger partial charge in [0.15, 0.2) is 5.70 Å². The summed E-state index contributed by atoms with van der Waals surface area (Å²) in [6, 6.07) is 5.12. The summed E-state index contributed by atoms with van der Waals surface area (Å²) in [5.41, 5.74) is 1.27. The maximum atomic E-state index is 12.8. The van der Waals surface area contributed by atoms with Crippen LogP contribution in [0.5, 0.6) is 0 Å². The quantitative estimate of drug-likeness (QED) is 0.458. The van der Waals surface area contributed by atoms with Crippen LogP contribution in [0, 0.1) is 13.8 Å². The molecule has 9 nitrogen and oxygen atoms in total. The highest BCUT2D eigenvalue weighted by Gasteiger charge is 2.28. The molecular formula is C15H18N2O7. The van der Waals surface area contributed by atoms with Crippen molar-refractivity contribution in [1.82, 2.24) is 10.1 Å². The van der Waals surface area contributed by atoms with E-state index in [1.807, 2.05) is 0 Å². The smallest absolute Gasteiger partial charge is 0.448 e. The van der Waals surface area contributed by atoms with Crippen LogP contribution < -0.4 is 0 Å². The van der Waals surface area contributed by atoms with Gasteiger partial charge in [-0.2, -0.15) is 0 Å². The van der Waals surface area contributed by atoms with Crippen LogP contribution in [0.25, 0.3) is 0 Å². The van der Waals surface area contributed by atoms with Crippen LogP contribution in [-0.4, -0.2) is 52.5 Å². The van der Waals surface area contributed by atoms with Gasteiger partial charge in [0.05, 0.1) is 0 Å². The Morgan fingerprint density at radius 3 is 2.04 bits per heavy atom. The number of nitrogens with zero attached hydrogens (tertiary/aromatic N) is 2. The van der Waals surface area contributed by atoms with Crippen LogP contribution in [0.4, 0.5) is 9.59 Å². The van der Waals surface area contributed by atoms with Crippen LogP contribution in [0.15, 0.2) is 30.1 Å². The van der Waals surface area contributed by atoms with Crippen molar-refractivity contribution < 1.29 is 34.3 Å². The molecule has 0 aromatic heterocycles. The van der Waals surface area contributed by atoms with Gasteiger partial charge in [0, 0.05) is 25.9 Å². The molecule has 24 heavy (non-hydrogen) atoms. The number of carboxylic acid groups (broad SMARTS) is 2. The fourth-order valence-electron chi connectivity index (χ4n) is 1.81. The molecule has 1 rings (SSSR count). The lowest BCUT2D eigenvalue weighted by molar-refractivity contribution is -0.282. The molecule has 0 unspecified atom stereocenters. The molecule has 0 saturated heterocycles. The van der Waals surface area contributed by atoms with Gasteiger partial charge < -0.3 is 15.1 Å². The molecule has 0 amide bonds. The van der Waals surface area contributed by atoms with E-state index in [0.29, 0.717) is 5.56 Å². The van der Waals surface area contributed by atoms with Gasteiger partial charge >= 0.3 is 12.3 Å². The molecule has 0 radical (unpaired) electrons. The Labute approximate surface area is 138 Å². The van der Waals surface area contributed by atoms with Crippen LogP contribution in [-0.2, 0) is 9.68 Å². The predicted octanol–water partition coefficient (Wildman–Crippen LogP) is 2.41. The first-order chi connectivity index (χ1) is 11.1. The Balaban J connectivity index is 3.37. The minimum Gasteiger partial charge on any atom is -0.448 e. The molecule has 0 saturated carbocycles. The summed E-state index contributed by atoms with van der Waals surface area (Å²) in [6.45, 7) is 3.48. The summed E-state index contributed by atoms with van der Waals surface area (Å²) in [4.78, 5) is 44.3. The molecule has 0 fully saturated rings. The van der Waals surface area contributed by atoms with Gasteiger partial charge in [-0.05, 0) is 30.7 Å². The van der Waals surface area contributed by atoms with Gasteiger partial charge in [-0.3, -0.25) is 14.5 Å². The summed E-state index contributed by atoms with van der Waals surface area (Å²) >= 11 is 0. The zero-order chi connectivity index (χ0) is 18.4. The van der Waals surface area contributed by atoms with Gasteiger partial charge in [0.25, 0.3) is 0 Å². The third kappa shape index (κ3) is 5.20. The summed E-state index contributed by atoms with van der Waals surface area (Å²) in [7, 11) is 3.13. The standard InChI is InChI=1S/C15H18N2O7/c1-9-5-6-10(2)11(7-9)13(18)12(8-16(3)4)17(23-14(19)20)24-15(21)22/h5-8H,1-4H3,(H,19,20)(H,21,22). The summed E-state index contributed by atoms with van der Waals surface area (Å²) in [5.74, 6) is -0.660. The van der Waals surface area contributed by atoms with Crippen molar-refractivity contribution in [1.29, 1.82) is 0 Å². The van der Waals surface area contributed by atoms with Crippen molar-refractivity contribution in [3.05, 3.63) is 46.8 Å². The fourth-order valence-corrected chi connectivity index (χ4v) is 1.81. The van der Waals surface area contributed by atoms with Crippen LogP contribution in [0.3, 0.4) is 0 Å². The van der Waals surface area contributed by atoms with Gasteiger partial charge in [-0.1, -0.05) is 17.7 Å². The second-order valence-electron chi connectivity index (χ2n) is 5.10. The molecule has 0 atom stereocenters. The molecule has 0 aliphatic heterocycles. The van der Waals surface area contributed by atoms with Crippen molar-refractivity contribution in [2.45, 2.75) is 13.8 Å². The van der Waals surface area contributed by atoms with Gasteiger partial charge in [0.2, 0.25) is 5.78 Å². The number of ketones is 1. The highest BCUT2D eigenvalue weighted by molar-refractivity contribution is 6.09. The molecular weight excluding hydrogens is 320 g/mol. The molecule has 0 aliphatic rings. The number of hydroxylamine groups is 2. The fraction of sp³-hybridized carbons (Fsp3) is 0.267. The molecule has 1 aromatic carbocycles. The first kappa shape index (κ1) is 18.8. The van der Waals surface area contributed by atoms with E-state index in [-0.39, 0.29) is 10.8 Å². The topological polar surface area (TPSA) is 117 Å². The largest absolute Gasteiger partial charge is 0.533 e. The minimum absolute atomic E-state index is 0.0504. The number of carbonyl (C=O) groups is 3. The van der Waals surface area contributed by atoms with E-state index in [1.54, 1.807) is 46.1 Å². The first-order valence-corrected chi connectivity index (χ1v) is 6.74. The highest BCUT2D eigenvalue weighted by atomic mass is 17.0. The third-order valence-corrected chi connectivity index (χ3v) is 2.77. The summed E-state index contributed by atoms with van der Waals surface area (Å²) in [5, 5.41) is 17.5. The van der Waals surface area contributed by atoms with Gasteiger partial charge in [0.1, 0.15) is 0 Å². The van der Waals surface area contributed by atoms with Crippen LogP contribution in [0.2, 0.25) is 0 Å². The van der Waals surface area contributed by atoms with E-state index >= 15 is 0 Å². The maximum Gasteiger partial charge on any atom is 0.533 e. The number of aryl methyl sites for hydroxylation is 2. The number of carbonyl (C=O) groups excluding carboxylic acids is 1. The highest BCUT2D eigenvalue weighted by Crippen LogP contribution is 2.19. The average Bonchev–Trinajstić information content (AvgIpc) is 2.44. The van der Waals surface area contributed by atoms with E-state index in [4.69, 9.17) is 10.2 Å². The number of hydrogen-bond acceptors (Lipinski definition) is 7. The molecule has 0 spiro atoms. The molecule has 130 valence electrons. The monoisotopic (exact) mass is 338 g/mol. The number of allylic oxidation sites excluding steroid dienone is 1. The van der Waals surface area contributed by atoms with E-state index in [2.05, 4.69) is 9.68 Å². The maximum absolute atomic E-state index is 12.8. The van der Waals surface area contributed by atoms with Gasteiger partial charge in [-0.15, -0.1) is 0 Å².